The Balaban J connectivity index is 1.88. The first-order chi connectivity index (χ1) is 11.4. The molecule has 128 valence electrons. The molecule has 1 saturated heterocycles. The van der Waals surface area contributed by atoms with E-state index in [0.29, 0.717) is 23.1 Å². The van der Waals surface area contributed by atoms with E-state index in [4.69, 9.17) is 16.3 Å². The predicted molar refractivity (Wildman–Crippen MR) is 94.8 cm³/mol. The highest BCUT2D eigenvalue weighted by atomic mass is 35.5. The zero-order valence-corrected chi connectivity index (χ0v) is 15.3. The smallest absolute Gasteiger partial charge is 0.243 e. The van der Waals surface area contributed by atoms with E-state index in [1.807, 2.05) is 44.2 Å². The van der Waals surface area contributed by atoms with E-state index in [2.05, 4.69) is 0 Å². The van der Waals surface area contributed by atoms with Crippen molar-refractivity contribution in [3.8, 4) is 0 Å². The van der Waals surface area contributed by atoms with E-state index in [9.17, 15) is 8.42 Å². The maximum atomic E-state index is 13.0. The van der Waals surface area contributed by atoms with E-state index in [0.717, 1.165) is 16.7 Å². The Labute approximate surface area is 148 Å². The molecule has 0 amide bonds. The lowest BCUT2D eigenvalue weighted by atomic mass is 10.1. The highest BCUT2D eigenvalue weighted by molar-refractivity contribution is 7.89. The molecule has 0 saturated carbocycles. The van der Waals surface area contributed by atoms with Gasteiger partial charge in [0, 0.05) is 18.1 Å². The number of aryl methyl sites for hydroxylation is 2. The Bertz CT molecular complexity index is 851. The first-order valence-corrected chi connectivity index (χ1v) is 9.64. The zero-order chi connectivity index (χ0) is 17.3. The van der Waals surface area contributed by atoms with Crippen LogP contribution in [0.4, 0.5) is 0 Å². The average molecular weight is 366 g/mol. The molecule has 3 rings (SSSR count). The van der Waals surface area contributed by atoms with Crippen molar-refractivity contribution in [2.45, 2.75) is 24.8 Å². The number of halogens is 1. The van der Waals surface area contributed by atoms with Gasteiger partial charge in [0.25, 0.3) is 0 Å². The lowest BCUT2D eigenvalue weighted by Crippen LogP contribution is -2.42. The van der Waals surface area contributed by atoms with Crippen LogP contribution in [0.25, 0.3) is 0 Å². The van der Waals surface area contributed by atoms with Gasteiger partial charge in [-0.1, -0.05) is 41.4 Å². The Morgan fingerprint density at radius 3 is 2.67 bits per heavy atom. The van der Waals surface area contributed by atoms with Crippen LogP contribution in [-0.2, 0) is 14.8 Å². The van der Waals surface area contributed by atoms with Crippen molar-refractivity contribution < 1.29 is 13.2 Å². The number of nitrogens with zero attached hydrogens (tertiary/aromatic N) is 1. The third-order valence-corrected chi connectivity index (χ3v) is 6.46. The van der Waals surface area contributed by atoms with E-state index < -0.39 is 10.0 Å². The highest BCUT2D eigenvalue weighted by Crippen LogP contribution is 2.29. The lowest BCUT2D eigenvalue weighted by Gasteiger charge is -2.32. The second kappa shape index (κ2) is 6.84. The first kappa shape index (κ1) is 17.4. The zero-order valence-electron chi connectivity index (χ0n) is 13.7. The van der Waals surface area contributed by atoms with Crippen molar-refractivity contribution >= 4 is 21.6 Å². The molecule has 0 N–H and O–H groups in total. The summed E-state index contributed by atoms with van der Waals surface area (Å²) < 4.78 is 33.3. The van der Waals surface area contributed by atoms with E-state index in [1.165, 1.54) is 4.31 Å². The molecule has 0 spiro atoms. The molecule has 6 heteroatoms. The molecule has 1 fully saturated rings. The van der Waals surface area contributed by atoms with Crippen LogP contribution in [0.2, 0.25) is 5.02 Å². The summed E-state index contributed by atoms with van der Waals surface area (Å²) in [5.74, 6) is 0. The summed E-state index contributed by atoms with van der Waals surface area (Å²) >= 11 is 6.03. The van der Waals surface area contributed by atoms with Crippen LogP contribution in [-0.4, -0.2) is 32.4 Å². The fraction of sp³-hybridized carbons (Fsp3) is 0.333. The molecule has 2 aromatic rings. The van der Waals surface area contributed by atoms with Gasteiger partial charge in [-0.3, -0.25) is 0 Å². The normalized spacial score (nSPS) is 19.4. The van der Waals surface area contributed by atoms with Crippen molar-refractivity contribution in [3.05, 3.63) is 64.2 Å². The second-order valence-corrected chi connectivity index (χ2v) is 8.39. The summed E-state index contributed by atoms with van der Waals surface area (Å²) in [5.41, 5.74) is 2.70. The Kier molecular flexibility index (Phi) is 4.97. The Morgan fingerprint density at radius 2 is 1.96 bits per heavy atom. The fourth-order valence-electron chi connectivity index (χ4n) is 2.98. The largest absolute Gasteiger partial charge is 0.371 e. The average Bonchev–Trinajstić information content (AvgIpc) is 2.54. The van der Waals surface area contributed by atoms with Crippen LogP contribution in [0.1, 0.15) is 22.8 Å². The van der Waals surface area contributed by atoms with Crippen molar-refractivity contribution in [3.63, 3.8) is 0 Å². The Morgan fingerprint density at radius 1 is 1.17 bits per heavy atom. The van der Waals surface area contributed by atoms with Crippen molar-refractivity contribution in [1.82, 2.24) is 4.31 Å². The summed E-state index contributed by atoms with van der Waals surface area (Å²) in [6.45, 7) is 4.78. The van der Waals surface area contributed by atoms with Gasteiger partial charge in [0.15, 0.2) is 0 Å². The molecule has 2 aromatic carbocycles. The molecule has 1 aliphatic rings. The van der Waals surface area contributed by atoms with E-state index in [1.54, 1.807) is 12.1 Å². The summed E-state index contributed by atoms with van der Waals surface area (Å²) in [7, 11) is -3.54. The second-order valence-electron chi connectivity index (χ2n) is 6.05. The van der Waals surface area contributed by atoms with E-state index in [-0.39, 0.29) is 12.6 Å². The van der Waals surface area contributed by atoms with Crippen LogP contribution >= 0.6 is 11.6 Å². The summed E-state index contributed by atoms with van der Waals surface area (Å²) in [5, 5.41) is 0.616. The number of rotatable bonds is 3. The topological polar surface area (TPSA) is 46.6 Å². The van der Waals surface area contributed by atoms with Gasteiger partial charge in [0.1, 0.15) is 0 Å². The number of ether oxygens (including phenoxy) is 1. The third kappa shape index (κ3) is 3.49. The number of hydrogen-bond donors (Lipinski definition) is 0. The molecule has 0 aliphatic carbocycles. The summed E-state index contributed by atoms with van der Waals surface area (Å²) in [6, 6.07) is 12.8. The van der Waals surface area contributed by atoms with Crippen molar-refractivity contribution in [2.24, 2.45) is 0 Å². The number of morpholine rings is 1. The van der Waals surface area contributed by atoms with Crippen LogP contribution in [0.3, 0.4) is 0 Å². The molecule has 0 bridgehead atoms. The maximum Gasteiger partial charge on any atom is 0.243 e. The maximum absolute atomic E-state index is 13.0. The molecule has 1 atom stereocenters. The highest BCUT2D eigenvalue weighted by Gasteiger charge is 2.32. The van der Waals surface area contributed by atoms with Gasteiger partial charge in [-0.05, 0) is 43.2 Å². The molecule has 4 nitrogen and oxygen atoms in total. The first-order valence-electron chi connectivity index (χ1n) is 7.82. The van der Waals surface area contributed by atoms with Gasteiger partial charge in [0.2, 0.25) is 10.0 Å². The monoisotopic (exact) mass is 365 g/mol. The Hall–Kier alpha value is -1.40. The molecule has 24 heavy (non-hydrogen) atoms. The van der Waals surface area contributed by atoms with Crippen LogP contribution in [0.5, 0.6) is 0 Å². The molecular weight excluding hydrogens is 346 g/mol. The van der Waals surface area contributed by atoms with Gasteiger partial charge in [0.05, 0.1) is 17.6 Å². The molecule has 0 aromatic heterocycles. The van der Waals surface area contributed by atoms with Gasteiger partial charge < -0.3 is 4.74 Å². The minimum Gasteiger partial charge on any atom is -0.371 e. The van der Waals surface area contributed by atoms with Gasteiger partial charge in [-0.2, -0.15) is 4.31 Å². The summed E-state index contributed by atoms with van der Waals surface area (Å²) in [6.07, 6.45) is -0.307. The predicted octanol–water partition coefficient (Wildman–Crippen LogP) is 3.72. The molecular formula is C18H20ClNO3S. The summed E-state index contributed by atoms with van der Waals surface area (Å²) in [4.78, 5) is 0.361. The molecule has 0 radical (unpaired) electrons. The van der Waals surface area contributed by atoms with Crippen LogP contribution in [0.15, 0.2) is 47.4 Å². The molecule has 1 heterocycles. The van der Waals surface area contributed by atoms with Crippen molar-refractivity contribution in [1.29, 1.82) is 0 Å². The lowest BCUT2D eigenvalue weighted by molar-refractivity contribution is -0.00256. The van der Waals surface area contributed by atoms with Gasteiger partial charge >= 0.3 is 0 Å². The standard InChI is InChI=1S/C18H20ClNO3S/c1-13-6-7-18(14(2)10-13)24(21,22)20-8-9-23-17(12-20)15-4-3-5-16(19)11-15/h3-7,10-11,17H,8-9,12H2,1-2H3. The number of hydrogen-bond acceptors (Lipinski definition) is 3. The van der Waals surface area contributed by atoms with Gasteiger partial charge in [-0.25, -0.2) is 8.42 Å². The van der Waals surface area contributed by atoms with Crippen LogP contribution in [0, 0.1) is 13.8 Å². The van der Waals surface area contributed by atoms with Crippen molar-refractivity contribution in [2.75, 3.05) is 19.7 Å². The SMILES string of the molecule is Cc1ccc(S(=O)(=O)N2CCOC(c3cccc(Cl)c3)C2)c(C)c1. The minimum absolute atomic E-state index is 0.288. The number of benzene rings is 2. The van der Waals surface area contributed by atoms with Crippen LogP contribution < -0.4 is 0 Å². The third-order valence-electron chi connectivity index (χ3n) is 4.20. The fourth-order valence-corrected chi connectivity index (χ4v) is 4.81. The molecule has 1 aliphatic heterocycles. The number of sulfonamides is 1. The minimum atomic E-state index is -3.54. The quantitative estimate of drug-likeness (QED) is 0.832. The van der Waals surface area contributed by atoms with E-state index >= 15 is 0 Å². The molecule has 1 unspecified atom stereocenters. The van der Waals surface area contributed by atoms with Gasteiger partial charge in [-0.15, -0.1) is 0 Å².